The average molecular weight is 451 g/mol. The third-order valence-electron chi connectivity index (χ3n) is 6.15. The molecular formula is C23H27ClN8. The van der Waals surface area contributed by atoms with Crippen LogP contribution in [0.5, 0.6) is 0 Å². The van der Waals surface area contributed by atoms with Crippen LogP contribution in [0, 0.1) is 0 Å². The van der Waals surface area contributed by atoms with Crippen LogP contribution >= 0.6 is 11.6 Å². The summed E-state index contributed by atoms with van der Waals surface area (Å²) in [6, 6.07) is 14.0. The number of benzene rings is 1. The Labute approximate surface area is 193 Å². The molecule has 0 atom stereocenters. The highest BCUT2D eigenvalue weighted by Gasteiger charge is 2.25. The van der Waals surface area contributed by atoms with E-state index in [1.165, 1.54) is 0 Å². The second-order valence-electron chi connectivity index (χ2n) is 8.05. The molecule has 2 fully saturated rings. The van der Waals surface area contributed by atoms with Crippen molar-refractivity contribution in [1.82, 2.24) is 15.0 Å². The van der Waals surface area contributed by atoms with E-state index in [4.69, 9.17) is 17.3 Å². The fourth-order valence-electron chi connectivity index (χ4n) is 4.42. The minimum Gasteiger partial charge on any atom is -0.393 e. The molecule has 166 valence electrons. The zero-order chi connectivity index (χ0) is 21.9. The molecule has 4 heterocycles. The van der Waals surface area contributed by atoms with Gasteiger partial charge in [-0.2, -0.15) is 0 Å². The highest BCUT2D eigenvalue weighted by molar-refractivity contribution is 6.30. The number of halogens is 1. The van der Waals surface area contributed by atoms with Crippen LogP contribution in [-0.2, 0) is 0 Å². The molecular weight excluding hydrogens is 424 g/mol. The van der Waals surface area contributed by atoms with E-state index in [-0.39, 0.29) is 0 Å². The van der Waals surface area contributed by atoms with Crippen molar-refractivity contribution in [1.29, 1.82) is 0 Å². The van der Waals surface area contributed by atoms with Gasteiger partial charge in [-0.05, 0) is 30.3 Å². The first-order chi connectivity index (χ1) is 15.7. The third-order valence-corrected chi connectivity index (χ3v) is 6.38. The molecule has 0 unspecified atom stereocenters. The van der Waals surface area contributed by atoms with Crippen molar-refractivity contribution < 1.29 is 0 Å². The summed E-state index contributed by atoms with van der Waals surface area (Å²) in [4.78, 5) is 22.7. The minimum atomic E-state index is 0.662. The van der Waals surface area contributed by atoms with Gasteiger partial charge < -0.3 is 25.3 Å². The second-order valence-corrected chi connectivity index (χ2v) is 8.49. The molecule has 3 aromatic rings. The molecule has 0 amide bonds. The van der Waals surface area contributed by atoms with Gasteiger partial charge in [-0.3, -0.25) is 0 Å². The lowest BCUT2D eigenvalue weighted by Gasteiger charge is -2.39. The zero-order valence-corrected chi connectivity index (χ0v) is 18.7. The molecule has 5 rings (SSSR count). The number of piperazine rings is 2. The van der Waals surface area contributed by atoms with E-state index in [1.807, 2.05) is 36.5 Å². The Morgan fingerprint density at radius 1 is 0.688 bits per heavy atom. The van der Waals surface area contributed by atoms with Gasteiger partial charge in [-0.25, -0.2) is 15.0 Å². The topological polar surface area (TPSA) is 77.7 Å². The lowest BCUT2D eigenvalue weighted by molar-refractivity contribution is 0.636. The van der Waals surface area contributed by atoms with E-state index in [0.717, 1.165) is 80.5 Å². The Morgan fingerprint density at radius 3 is 1.91 bits per heavy atom. The molecule has 0 saturated carbocycles. The summed E-state index contributed by atoms with van der Waals surface area (Å²) < 4.78 is 0. The van der Waals surface area contributed by atoms with Crippen LogP contribution < -0.4 is 25.3 Å². The first-order valence-electron chi connectivity index (χ1n) is 11.0. The standard InChI is InChI=1S/C23H27ClN8/c24-18-4-3-5-19(16-18)29-8-12-31(13-9-29)22-21(25)23(28-17-27-22)32-14-10-30(11-15-32)20-6-1-2-7-26-20/h1-7,16-17H,8-15,25H2. The van der Waals surface area contributed by atoms with Crippen molar-refractivity contribution >= 4 is 40.4 Å². The molecule has 1 aromatic carbocycles. The molecule has 0 radical (unpaired) electrons. The maximum atomic E-state index is 6.59. The monoisotopic (exact) mass is 450 g/mol. The third kappa shape index (κ3) is 4.23. The summed E-state index contributed by atoms with van der Waals surface area (Å²) in [6.45, 7) is 6.94. The lowest BCUT2D eigenvalue weighted by Crippen LogP contribution is -2.48. The molecule has 2 aliphatic heterocycles. The van der Waals surface area contributed by atoms with E-state index in [2.05, 4.69) is 46.7 Å². The zero-order valence-electron chi connectivity index (χ0n) is 17.9. The van der Waals surface area contributed by atoms with Crippen molar-refractivity contribution in [2.24, 2.45) is 0 Å². The van der Waals surface area contributed by atoms with Crippen LogP contribution in [0.3, 0.4) is 0 Å². The summed E-state index contributed by atoms with van der Waals surface area (Å²) in [5.74, 6) is 2.67. The molecule has 2 aliphatic rings. The van der Waals surface area contributed by atoms with Crippen LogP contribution in [-0.4, -0.2) is 67.3 Å². The normalized spacial score (nSPS) is 17.0. The molecule has 2 aromatic heterocycles. The SMILES string of the molecule is Nc1c(N2CCN(c3cccc(Cl)c3)CC2)ncnc1N1CCN(c2ccccn2)CC1. The van der Waals surface area contributed by atoms with Gasteiger partial charge in [0.25, 0.3) is 0 Å². The maximum Gasteiger partial charge on any atom is 0.157 e. The van der Waals surface area contributed by atoms with Crippen LogP contribution in [0.4, 0.5) is 28.8 Å². The van der Waals surface area contributed by atoms with Gasteiger partial charge in [-0.1, -0.05) is 23.7 Å². The maximum absolute atomic E-state index is 6.59. The molecule has 0 aliphatic carbocycles. The molecule has 9 heteroatoms. The number of hydrogen-bond donors (Lipinski definition) is 1. The second kappa shape index (κ2) is 9.08. The molecule has 2 saturated heterocycles. The fourth-order valence-corrected chi connectivity index (χ4v) is 4.60. The van der Waals surface area contributed by atoms with Gasteiger partial charge in [0.15, 0.2) is 11.6 Å². The summed E-state index contributed by atoms with van der Waals surface area (Å²) in [7, 11) is 0. The first-order valence-corrected chi connectivity index (χ1v) is 11.3. The Bertz CT molecular complexity index is 1050. The van der Waals surface area contributed by atoms with Gasteiger partial charge in [0.2, 0.25) is 0 Å². The fraction of sp³-hybridized carbons (Fsp3) is 0.348. The van der Waals surface area contributed by atoms with Gasteiger partial charge in [0, 0.05) is 69.3 Å². The first kappa shape index (κ1) is 20.6. The minimum absolute atomic E-state index is 0.662. The summed E-state index contributed by atoms with van der Waals surface area (Å²) >= 11 is 6.16. The number of nitrogen functional groups attached to an aromatic ring is 1. The number of nitrogens with two attached hydrogens (primary N) is 1. The van der Waals surface area contributed by atoms with Crippen molar-refractivity contribution in [2.45, 2.75) is 0 Å². The molecule has 0 bridgehead atoms. The number of aromatic nitrogens is 3. The van der Waals surface area contributed by atoms with Crippen molar-refractivity contribution in [3.8, 4) is 0 Å². The van der Waals surface area contributed by atoms with E-state index in [1.54, 1.807) is 6.33 Å². The molecule has 2 N–H and O–H groups in total. The smallest absolute Gasteiger partial charge is 0.157 e. The Balaban J connectivity index is 1.25. The molecule has 0 spiro atoms. The van der Waals surface area contributed by atoms with E-state index in [0.29, 0.717) is 5.69 Å². The predicted octanol–water partition coefficient (Wildman–Crippen LogP) is 2.76. The molecule has 32 heavy (non-hydrogen) atoms. The number of rotatable bonds is 4. The average Bonchev–Trinajstić information content (AvgIpc) is 2.85. The van der Waals surface area contributed by atoms with Crippen molar-refractivity contribution in [3.63, 3.8) is 0 Å². The number of nitrogens with zero attached hydrogens (tertiary/aromatic N) is 7. The summed E-state index contributed by atoms with van der Waals surface area (Å²) in [5, 5.41) is 0.762. The van der Waals surface area contributed by atoms with E-state index in [9.17, 15) is 0 Å². The number of hydrogen-bond acceptors (Lipinski definition) is 8. The van der Waals surface area contributed by atoms with Crippen LogP contribution in [0.1, 0.15) is 0 Å². The Morgan fingerprint density at radius 2 is 1.31 bits per heavy atom. The van der Waals surface area contributed by atoms with Crippen LogP contribution in [0.25, 0.3) is 0 Å². The Hall–Kier alpha value is -3.26. The highest BCUT2D eigenvalue weighted by Crippen LogP contribution is 2.31. The van der Waals surface area contributed by atoms with E-state index >= 15 is 0 Å². The van der Waals surface area contributed by atoms with Crippen LogP contribution in [0.15, 0.2) is 55.0 Å². The lowest BCUT2D eigenvalue weighted by atomic mass is 10.2. The quantitative estimate of drug-likeness (QED) is 0.650. The predicted molar refractivity (Wildman–Crippen MR) is 131 cm³/mol. The number of anilines is 5. The highest BCUT2D eigenvalue weighted by atomic mass is 35.5. The van der Waals surface area contributed by atoms with Gasteiger partial charge in [0.1, 0.15) is 17.8 Å². The van der Waals surface area contributed by atoms with Crippen molar-refractivity contribution in [3.05, 3.63) is 60.0 Å². The van der Waals surface area contributed by atoms with Crippen molar-refractivity contribution in [2.75, 3.05) is 77.7 Å². The largest absolute Gasteiger partial charge is 0.393 e. The molecule has 8 nitrogen and oxygen atoms in total. The van der Waals surface area contributed by atoms with Gasteiger partial charge >= 0.3 is 0 Å². The van der Waals surface area contributed by atoms with Gasteiger partial charge in [0.05, 0.1) is 0 Å². The Kier molecular flexibility index (Phi) is 5.85. The van der Waals surface area contributed by atoms with Crippen LogP contribution in [0.2, 0.25) is 5.02 Å². The number of pyridine rings is 1. The van der Waals surface area contributed by atoms with Gasteiger partial charge in [-0.15, -0.1) is 0 Å². The van der Waals surface area contributed by atoms with E-state index < -0.39 is 0 Å². The summed E-state index contributed by atoms with van der Waals surface area (Å²) in [6.07, 6.45) is 3.47. The summed E-state index contributed by atoms with van der Waals surface area (Å²) in [5.41, 5.74) is 8.41.